The Labute approximate surface area is 196 Å². The van der Waals surface area contributed by atoms with Gasteiger partial charge >= 0.3 is 47.4 Å². The SMILES string of the molecule is CC=CCCC(F)(F)C(F)(F)C(F)(F)C(F)(F)C(F)(F)C(F)(F)C(F)(F)C(F)(F)CCCCCCC. The van der Waals surface area contributed by atoms with Crippen LogP contribution in [0.1, 0.15) is 65.2 Å². The van der Waals surface area contributed by atoms with Gasteiger partial charge in [0, 0.05) is 12.8 Å². The summed E-state index contributed by atoms with van der Waals surface area (Å²) in [5.41, 5.74) is 0. The first-order chi connectivity index (χ1) is 15.9. The molecule has 0 N–H and O–H groups in total. The summed E-state index contributed by atoms with van der Waals surface area (Å²) < 4.78 is 220. The molecular formula is C20H24F16. The predicted molar refractivity (Wildman–Crippen MR) is 97.0 cm³/mol. The van der Waals surface area contributed by atoms with Gasteiger partial charge in [-0.25, -0.2) is 0 Å². The Hall–Kier alpha value is -1.38. The molecule has 0 saturated carbocycles. The van der Waals surface area contributed by atoms with E-state index in [0.717, 1.165) is 13.0 Å². The van der Waals surface area contributed by atoms with Gasteiger partial charge in [0.25, 0.3) is 0 Å². The van der Waals surface area contributed by atoms with Gasteiger partial charge in [0.1, 0.15) is 0 Å². The van der Waals surface area contributed by atoms with Gasteiger partial charge in [0.15, 0.2) is 0 Å². The summed E-state index contributed by atoms with van der Waals surface area (Å²) in [5.74, 6) is -60.3. The molecule has 36 heavy (non-hydrogen) atoms. The van der Waals surface area contributed by atoms with Crippen LogP contribution in [0.4, 0.5) is 70.2 Å². The molecule has 0 aliphatic rings. The van der Waals surface area contributed by atoms with Crippen molar-refractivity contribution in [3.05, 3.63) is 12.2 Å². The van der Waals surface area contributed by atoms with E-state index in [1.165, 1.54) is 0 Å². The predicted octanol–water partition coefficient (Wildman–Crippen LogP) is 9.79. The summed E-state index contributed by atoms with van der Waals surface area (Å²) in [7, 11) is 0. The standard InChI is InChI=1S/C20H24F16/c1-3-5-7-8-10-12-14(23,24)16(27,28)18(31,32)20(35,36)19(33,34)17(29,30)15(25,26)13(21,22)11-9-6-4-2/h4,6H,3,5,7-12H2,1-2H3. The van der Waals surface area contributed by atoms with Gasteiger partial charge in [-0.1, -0.05) is 44.8 Å². The zero-order valence-electron chi connectivity index (χ0n) is 18.9. The molecule has 0 aromatic rings. The molecule has 0 atom stereocenters. The Morgan fingerprint density at radius 1 is 0.444 bits per heavy atom. The van der Waals surface area contributed by atoms with E-state index in [9.17, 15) is 70.2 Å². The molecule has 0 unspecified atom stereocenters. The lowest BCUT2D eigenvalue weighted by atomic mass is 9.86. The molecule has 0 aliphatic heterocycles. The van der Waals surface area contributed by atoms with Crippen molar-refractivity contribution >= 4 is 0 Å². The Morgan fingerprint density at radius 2 is 0.778 bits per heavy atom. The van der Waals surface area contributed by atoms with E-state index < -0.39 is 73.1 Å². The third-order valence-electron chi connectivity index (χ3n) is 5.35. The van der Waals surface area contributed by atoms with Gasteiger partial charge in [-0.3, -0.25) is 0 Å². The lowest BCUT2D eigenvalue weighted by Gasteiger charge is -2.43. The summed E-state index contributed by atoms with van der Waals surface area (Å²) in [6.07, 6.45) is -4.64. The van der Waals surface area contributed by atoms with E-state index in [0.29, 0.717) is 18.9 Å². The first-order valence-corrected chi connectivity index (χ1v) is 10.5. The molecule has 0 aromatic heterocycles. The van der Waals surface area contributed by atoms with E-state index in [1.807, 2.05) is 0 Å². The average molecular weight is 568 g/mol. The van der Waals surface area contributed by atoms with E-state index in [2.05, 4.69) is 0 Å². The van der Waals surface area contributed by atoms with Crippen molar-refractivity contribution in [3.63, 3.8) is 0 Å². The maximum absolute atomic E-state index is 13.8. The fraction of sp³-hybridized carbons (Fsp3) is 0.900. The van der Waals surface area contributed by atoms with Crippen LogP contribution in [0.15, 0.2) is 12.2 Å². The summed E-state index contributed by atoms with van der Waals surface area (Å²) >= 11 is 0. The largest absolute Gasteiger partial charge is 0.384 e. The molecule has 0 saturated heterocycles. The van der Waals surface area contributed by atoms with Crippen molar-refractivity contribution in [3.8, 4) is 0 Å². The summed E-state index contributed by atoms with van der Waals surface area (Å²) in [5, 5.41) is 0. The number of alkyl halides is 16. The molecule has 0 aromatic carbocycles. The summed E-state index contributed by atoms with van der Waals surface area (Å²) in [6, 6.07) is 0. The quantitative estimate of drug-likeness (QED) is 0.0988. The van der Waals surface area contributed by atoms with Gasteiger partial charge in [-0.15, -0.1) is 0 Å². The van der Waals surface area contributed by atoms with Crippen LogP contribution in [0.2, 0.25) is 0 Å². The Kier molecular flexibility index (Phi) is 10.7. The van der Waals surface area contributed by atoms with Gasteiger partial charge in [-0.05, 0) is 19.8 Å². The highest BCUT2D eigenvalue weighted by atomic mass is 19.4. The number of halogens is 16. The molecular weight excluding hydrogens is 544 g/mol. The Balaban J connectivity index is 6.34. The van der Waals surface area contributed by atoms with Crippen LogP contribution < -0.4 is 0 Å². The van der Waals surface area contributed by atoms with Crippen molar-refractivity contribution in [2.24, 2.45) is 0 Å². The van der Waals surface area contributed by atoms with Crippen molar-refractivity contribution in [1.29, 1.82) is 0 Å². The lowest BCUT2D eigenvalue weighted by molar-refractivity contribution is -0.453. The molecule has 0 spiro atoms. The fourth-order valence-electron chi connectivity index (χ4n) is 2.94. The molecule has 0 amide bonds. The van der Waals surface area contributed by atoms with Crippen LogP contribution in [-0.2, 0) is 0 Å². The van der Waals surface area contributed by atoms with Crippen LogP contribution >= 0.6 is 0 Å². The molecule has 0 rings (SSSR count). The Morgan fingerprint density at radius 3 is 1.14 bits per heavy atom. The maximum Gasteiger partial charge on any atom is 0.384 e. The highest BCUT2D eigenvalue weighted by molar-refractivity contribution is 5.16. The van der Waals surface area contributed by atoms with Crippen LogP contribution in [0.25, 0.3) is 0 Å². The zero-order chi connectivity index (χ0) is 29.1. The van der Waals surface area contributed by atoms with Crippen LogP contribution in [0, 0.1) is 0 Å². The number of unbranched alkanes of at least 4 members (excludes halogenated alkanes) is 4. The molecule has 0 radical (unpaired) electrons. The molecule has 216 valence electrons. The third kappa shape index (κ3) is 5.70. The van der Waals surface area contributed by atoms with Gasteiger partial charge in [0.05, 0.1) is 0 Å². The van der Waals surface area contributed by atoms with Crippen molar-refractivity contribution in [2.45, 2.75) is 113 Å². The third-order valence-corrected chi connectivity index (χ3v) is 5.35. The highest BCUT2D eigenvalue weighted by Gasteiger charge is 2.94. The minimum absolute atomic E-state index is 0.104. The molecule has 0 bridgehead atoms. The van der Waals surface area contributed by atoms with Crippen molar-refractivity contribution < 1.29 is 70.2 Å². The van der Waals surface area contributed by atoms with E-state index in [1.54, 1.807) is 6.92 Å². The molecule has 0 nitrogen and oxygen atoms in total. The van der Waals surface area contributed by atoms with Crippen LogP contribution in [0.5, 0.6) is 0 Å². The average Bonchev–Trinajstić information content (AvgIpc) is 2.72. The van der Waals surface area contributed by atoms with Crippen LogP contribution in [0.3, 0.4) is 0 Å². The molecule has 0 aliphatic carbocycles. The monoisotopic (exact) mass is 568 g/mol. The topological polar surface area (TPSA) is 0 Å². The Bertz CT molecular complexity index is 723. The number of hydrogen-bond donors (Lipinski definition) is 0. The smallest absolute Gasteiger partial charge is 0.200 e. The molecule has 16 heteroatoms. The van der Waals surface area contributed by atoms with Gasteiger partial charge in [-0.2, -0.15) is 70.2 Å². The number of allylic oxidation sites excluding steroid dienone is 2. The van der Waals surface area contributed by atoms with Crippen molar-refractivity contribution in [1.82, 2.24) is 0 Å². The minimum atomic E-state index is -8.35. The number of rotatable bonds is 16. The fourth-order valence-corrected chi connectivity index (χ4v) is 2.94. The van der Waals surface area contributed by atoms with E-state index >= 15 is 0 Å². The van der Waals surface area contributed by atoms with E-state index in [4.69, 9.17) is 0 Å². The first kappa shape index (κ1) is 34.6. The minimum Gasteiger partial charge on any atom is -0.200 e. The first-order valence-electron chi connectivity index (χ1n) is 10.5. The highest BCUT2D eigenvalue weighted by Crippen LogP contribution is 2.64. The second kappa shape index (κ2) is 11.2. The van der Waals surface area contributed by atoms with E-state index in [-0.39, 0.29) is 12.8 Å². The molecule has 0 fully saturated rings. The van der Waals surface area contributed by atoms with Crippen molar-refractivity contribution in [2.75, 3.05) is 0 Å². The van der Waals surface area contributed by atoms with Crippen LogP contribution in [-0.4, -0.2) is 47.4 Å². The zero-order valence-corrected chi connectivity index (χ0v) is 18.9. The normalized spacial score (nSPS) is 15.7. The number of hydrogen-bond acceptors (Lipinski definition) is 0. The second-order valence-electron chi connectivity index (χ2n) is 8.13. The second-order valence-corrected chi connectivity index (χ2v) is 8.13. The molecule has 0 heterocycles. The summed E-state index contributed by atoms with van der Waals surface area (Å²) in [4.78, 5) is 0. The van der Waals surface area contributed by atoms with Gasteiger partial charge in [0.2, 0.25) is 0 Å². The maximum atomic E-state index is 13.8. The summed E-state index contributed by atoms with van der Waals surface area (Å²) in [6.45, 7) is 2.76. The lowest BCUT2D eigenvalue weighted by Crippen LogP contribution is -2.74. The van der Waals surface area contributed by atoms with Gasteiger partial charge < -0.3 is 0 Å².